The molecule has 3 aromatic rings. The minimum atomic E-state index is -0.167. The summed E-state index contributed by atoms with van der Waals surface area (Å²) < 4.78 is 0. The molecule has 1 aliphatic heterocycles. The number of carbonyl (C=O) groups excluding carboxylic acids is 2. The van der Waals surface area contributed by atoms with E-state index in [1.165, 1.54) is 11.3 Å². The highest BCUT2D eigenvalue weighted by molar-refractivity contribution is 7.12. The van der Waals surface area contributed by atoms with E-state index in [0.29, 0.717) is 6.54 Å². The van der Waals surface area contributed by atoms with E-state index in [4.69, 9.17) is 0 Å². The molecule has 0 radical (unpaired) electrons. The average Bonchev–Trinajstić information content (AvgIpc) is 3.22. The predicted molar refractivity (Wildman–Crippen MR) is 106 cm³/mol. The molecule has 2 aromatic carbocycles. The van der Waals surface area contributed by atoms with Crippen LogP contribution in [0.5, 0.6) is 0 Å². The fourth-order valence-corrected chi connectivity index (χ4v) is 4.13. The SMILES string of the molecule is O=C(Nc1ccc2ccccc2c1)C1CCCN(C(=O)c2cccs2)C1. The number of hydrogen-bond donors (Lipinski definition) is 1. The van der Waals surface area contributed by atoms with Crippen molar-refractivity contribution in [3.63, 3.8) is 0 Å². The van der Waals surface area contributed by atoms with E-state index in [2.05, 4.69) is 11.4 Å². The standard InChI is InChI=1S/C21H20N2O2S/c24-20(22-18-10-9-15-5-1-2-6-16(15)13-18)17-7-3-11-23(14-17)21(25)19-8-4-12-26-19/h1-2,4-6,8-10,12-13,17H,3,7,11,14H2,(H,22,24). The number of thiophene rings is 1. The summed E-state index contributed by atoms with van der Waals surface area (Å²) in [6.45, 7) is 1.20. The summed E-state index contributed by atoms with van der Waals surface area (Å²) in [5.74, 6) is -0.147. The number of piperidine rings is 1. The summed E-state index contributed by atoms with van der Waals surface area (Å²) in [6.07, 6.45) is 1.67. The molecule has 5 heteroatoms. The molecular formula is C21H20N2O2S. The molecule has 2 heterocycles. The molecule has 26 heavy (non-hydrogen) atoms. The number of anilines is 1. The van der Waals surface area contributed by atoms with Crippen molar-refractivity contribution < 1.29 is 9.59 Å². The van der Waals surface area contributed by atoms with E-state index in [1.807, 2.05) is 53.9 Å². The molecule has 1 unspecified atom stereocenters. The van der Waals surface area contributed by atoms with Crippen LogP contribution in [0.3, 0.4) is 0 Å². The van der Waals surface area contributed by atoms with Crippen molar-refractivity contribution in [3.8, 4) is 0 Å². The van der Waals surface area contributed by atoms with Crippen LogP contribution in [0.15, 0.2) is 60.0 Å². The van der Waals surface area contributed by atoms with Crippen LogP contribution in [0.25, 0.3) is 10.8 Å². The first-order chi connectivity index (χ1) is 12.7. The Bertz CT molecular complexity index is 936. The molecule has 0 aliphatic carbocycles. The summed E-state index contributed by atoms with van der Waals surface area (Å²) >= 11 is 1.45. The van der Waals surface area contributed by atoms with Crippen LogP contribution in [-0.4, -0.2) is 29.8 Å². The Hall–Kier alpha value is -2.66. The second-order valence-corrected chi connectivity index (χ2v) is 7.57. The summed E-state index contributed by atoms with van der Waals surface area (Å²) in [5.41, 5.74) is 0.801. The Balaban J connectivity index is 1.44. The lowest BCUT2D eigenvalue weighted by molar-refractivity contribution is -0.121. The number of nitrogens with zero attached hydrogens (tertiary/aromatic N) is 1. The maximum Gasteiger partial charge on any atom is 0.263 e. The molecule has 1 fully saturated rings. The summed E-state index contributed by atoms with van der Waals surface area (Å²) in [7, 11) is 0. The fraction of sp³-hybridized carbons (Fsp3) is 0.238. The molecule has 0 spiro atoms. The molecular weight excluding hydrogens is 344 g/mol. The number of benzene rings is 2. The molecule has 2 amide bonds. The Morgan fingerprint density at radius 2 is 1.88 bits per heavy atom. The van der Waals surface area contributed by atoms with Crippen LogP contribution in [0, 0.1) is 5.92 Å². The molecule has 1 saturated heterocycles. The summed E-state index contributed by atoms with van der Waals surface area (Å²) in [5, 5.41) is 7.18. The van der Waals surface area contributed by atoms with E-state index in [0.717, 1.165) is 40.7 Å². The summed E-state index contributed by atoms with van der Waals surface area (Å²) in [6, 6.07) is 17.7. The lowest BCUT2D eigenvalue weighted by Crippen LogP contribution is -2.43. The van der Waals surface area contributed by atoms with E-state index < -0.39 is 0 Å². The van der Waals surface area contributed by atoms with Crippen molar-refractivity contribution in [1.29, 1.82) is 0 Å². The van der Waals surface area contributed by atoms with Gasteiger partial charge in [0.25, 0.3) is 5.91 Å². The Morgan fingerprint density at radius 3 is 2.69 bits per heavy atom. The number of hydrogen-bond acceptors (Lipinski definition) is 3. The lowest BCUT2D eigenvalue weighted by atomic mass is 9.96. The van der Waals surface area contributed by atoms with Crippen LogP contribution in [0.4, 0.5) is 5.69 Å². The number of fused-ring (bicyclic) bond motifs is 1. The lowest BCUT2D eigenvalue weighted by Gasteiger charge is -2.31. The average molecular weight is 364 g/mol. The first kappa shape index (κ1) is 16.8. The van der Waals surface area contributed by atoms with Crippen molar-refractivity contribution in [2.75, 3.05) is 18.4 Å². The van der Waals surface area contributed by atoms with E-state index >= 15 is 0 Å². The smallest absolute Gasteiger partial charge is 0.263 e. The fourth-order valence-electron chi connectivity index (χ4n) is 3.44. The zero-order valence-electron chi connectivity index (χ0n) is 14.4. The number of amides is 2. The normalized spacial score (nSPS) is 17.2. The second-order valence-electron chi connectivity index (χ2n) is 6.62. The van der Waals surface area contributed by atoms with Crippen LogP contribution in [0.2, 0.25) is 0 Å². The van der Waals surface area contributed by atoms with Crippen LogP contribution >= 0.6 is 11.3 Å². The van der Waals surface area contributed by atoms with Gasteiger partial charge in [0.15, 0.2) is 0 Å². The van der Waals surface area contributed by atoms with Crippen molar-refractivity contribution >= 4 is 39.6 Å². The Morgan fingerprint density at radius 1 is 1.04 bits per heavy atom. The molecule has 1 N–H and O–H groups in total. The van der Waals surface area contributed by atoms with E-state index in [-0.39, 0.29) is 17.7 Å². The third-order valence-corrected chi connectivity index (χ3v) is 5.69. The van der Waals surface area contributed by atoms with Gasteiger partial charge in [-0.15, -0.1) is 11.3 Å². The molecule has 4 rings (SSSR count). The van der Waals surface area contributed by atoms with Crippen LogP contribution in [-0.2, 0) is 4.79 Å². The summed E-state index contributed by atoms with van der Waals surface area (Å²) in [4.78, 5) is 27.8. The van der Waals surface area contributed by atoms with Gasteiger partial charge in [-0.05, 0) is 47.2 Å². The first-order valence-corrected chi connectivity index (χ1v) is 9.71. The van der Waals surface area contributed by atoms with Crippen LogP contribution in [0.1, 0.15) is 22.5 Å². The van der Waals surface area contributed by atoms with Gasteiger partial charge in [0.2, 0.25) is 5.91 Å². The molecule has 4 nitrogen and oxygen atoms in total. The van der Waals surface area contributed by atoms with Gasteiger partial charge >= 0.3 is 0 Å². The van der Waals surface area contributed by atoms with Gasteiger partial charge in [-0.3, -0.25) is 9.59 Å². The molecule has 0 bridgehead atoms. The minimum absolute atomic E-state index is 0.0102. The van der Waals surface area contributed by atoms with Gasteiger partial charge in [0.1, 0.15) is 0 Å². The number of likely N-dealkylation sites (tertiary alicyclic amines) is 1. The third-order valence-electron chi connectivity index (χ3n) is 4.83. The number of carbonyl (C=O) groups is 2. The quantitative estimate of drug-likeness (QED) is 0.749. The molecule has 1 aromatic heterocycles. The van der Waals surface area contributed by atoms with Crippen molar-refractivity contribution in [2.24, 2.45) is 5.92 Å². The number of nitrogens with one attached hydrogen (secondary N) is 1. The Labute approximate surface area is 156 Å². The Kier molecular flexibility index (Phi) is 4.71. The highest BCUT2D eigenvalue weighted by Gasteiger charge is 2.29. The zero-order chi connectivity index (χ0) is 17.9. The monoisotopic (exact) mass is 364 g/mol. The molecule has 132 valence electrons. The molecule has 1 aliphatic rings. The van der Waals surface area contributed by atoms with Gasteiger partial charge in [0, 0.05) is 18.8 Å². The van der Waals surface area contributed by atoms with Gasteiger partial charge in [-0.25, -0.2) is 0 Å². The second kappa shape index (κ2) is 7.30. The molecule has 0 saturated carbocycles. The third kappa shape index (κ3) is 3.48. The highest BCUT2D eigenvalue weighted by Crippen LogP contribution is 2.23. The van der Waals surface area contributed by atoms with Gasteiger partial charge in [0.05, 0.1) is 10.8 Å². The highest BCUT2D eigenvalue weighted by atomic mass is 32.1. The minimum Gasteiger partial charge on any atom is -0.337 e. The van der Waals surface area contributed by atoms with Crippen molar-refractivity contribution in [1.82, 2.24) is 4.90 Å². The maximum atomic E-state index is 12.7. The van der Waals surface area contributed by atoms with Crippen molar-refractivity contribution in [2.45, 2.75) is 12.8 Å². The van der Waals surface area contributed by atoms with Crippen molar-refractivity contribution in [3.05, 3.63) is 64.9 Å². The topological polar surface area (TPSA) is 49.4 Å². The van der Waals surface area contributed by atoms with Gasteiger partial charge in [-0.2, -0.15) is 0 Å². The molecule has 1 atom stereocenters. The number of rotatable bonds is 3. The predicted octanol–water partition coefficient (Wildman–Crippen LogP) is 4.39. The van der Waals surface area contributed by atoms with Gasteiger partial charge in [-0.1, -0.05) is 36.4 Å². The largest absolute Gasteiger partial charge is 0.337 e. The van der Waals surface area contributed by atoms with E-state index in [9.17, 15) is 9.59 Å². The van der Waals surface area contributed by atoms with Crippen LogP contribution < -0.4 is 5.32 Å². The van der Waals surface area contributed by atoms with E-state index in [1.54, 1.807) is 4.90 Å². The first-order valence-electron chi connectivity index (χ1n) is 8.83. The van der Waals surface area contributed by atoms with Gasteiger partial charge < -0.3 is 10.2 Å². The zero-order valence-corrected chi connectivity index (χ0v) is 15.2. The maximum absolute atomic E-state index is 12.7.